The molecule has 4 N–H and O–H groups in total. The molecule has 154 valence electrons. The number of H-pyrrole nitrogens is 1. The Morgan fingerprint density at radius 3 is 2.53 bits per heavy atom. The van der Waals surface area contributed by atoms with Gasteiger partial charge in [-0.1, -0.05) is 0 Å². The quantitative estimate of drug-likeness (QED) is 0.320. The Labute approximate surface area is 178 Å². The number of aromatic amines is 1. The summed E-state index contributed by atoms with van der Waals surface area (Å²) in [5, 5.41) is 7.57. The zero-order valence-corrected chi connectivity index (χ0v) is 17.9. The molecule has 8 nitrogen and oxygen atoms in total. The predicted molar refractivity (Wildman–Crippen MR) is 121 cm³/mol. The van der Waals surface area contributed by atoms with E-state index in [1.165, 1.54) is 25.1 Å². The smallest absolute Gasteiger partial charge is 0.240 e. The molecule has 2 aromatic heterocycles. The molecule has 10 heteroatoms. The Balaban J connectivity index is 1.60. The lowest BCUT2D eigenvalue weighted by molar-refractivity contribution is 0.588. The fourth-order valence-corrected chi connectivity index (χ4v) is 4.27. The lowest BCUT2D eigenvalue weighted by atomic mass is 10.2. The number of nitrogens with zero attached hydrogens (tertiary/aromatic N) is 2. The monoisotopic (exact) mass is 440 g/mol. The SMILES string of the molecule is CNS(=O)(=O)c1ccc(SC)c(Nc2cc(Nc3ccc4[nH]ccc4c3)ncn2)c1. The van der Waals surface area contributed by atoms with E-state index < -0.39 is 10.0 Å². The van der Waals surface area contributed by atoms with Crippen LogP contribution in [0.25, 0.3) is 10.9 Å². The molecule has 2 heterocycles. The van der Waals surface area contributed by atoms with Crippen LogP contribution in [-0.2, 0) is 10.0 Å². The van der Waals surface area contributed by atoms with E-state index in [-0.39, 0.29) is 4.90 Å². The van der Waals surface area contributed by atoms with Crippen LogP contribution in [0.15, 0.2) is 70.8 Å². The van der Waals surface area contributed by atoms with Gasteiger partial charge in [0, 0.05) is 33.7 Å². The molecule has 0 atom stereocenters. The Morgan fingerprint density at radius 2 is 1.77 bits per heavy atom. The van der Waals surface area contributed by atoms with Crippen molar-refractivity contribution in [3.63, 3.8) is 0 Å². The minimum atomic E-state index is -3.55. The molecule has 0 aliphatic carbocycles. The van der Waals surface area contributed by atoms with Gasteiger partial charge in [-0.05, 0) is 55.8 Å². The maximum absolute atomic E-state index is 12.2. The number of hydrogen-bond donors (Lipinski definition) is 4. The Kier molecular flexibility index (Phi) is 5.62. The molecule has 0 saturated heterocycles. The van der Waals surface area contributed by atoms with Crippen molar-refractivity contribution < 1.29 is 8.42 Å². The Hall–Kier alpha value is -3.08. The minimum absolute atomic E-state index is 0.178. The third-order valence-corrected chi connectivity index (χ3v) is 6.71. The van der Waals surface area contributed by atoms with E-state index in [1.807, 2.05) is 36.7 Å². The highest BCUT2D eigenvalue weighted by Crippen LogP contribution is 2.31. The highest BCUT2D eigenvalue weighted by atomic mass is 32.2. The molecule has 0 bridgehead atoms. The number of thioether (sulfide) groups is 1. The molecule has 4 rings (SSSR count). The largest absolute Gasteiger partial charge is 0.361 e. The van der Waals surface area contributed by atoms with Gasteiger partial charge in [0.2, 0.25) is 10.0 Å². The van der Waals surface area contributed by atoms with Crippen molar-refractivity contribution in [1.29, 1.82) is 0 Å². The molecule has 0 aliphatic rings. The minimum Gasteiger partial charge on any atom is -0.361 e. The van der Waals surface area contributed by atoms with E-state index in [2.05, 4.69) is 30.3 Å². The van der Waals surface area contributed by atoms with Gasteiger partial charge in [0.05, 0.1) is 10.6 Å². The van der Waals surface area contributed by atoms with Gasteiger partial charge in [-0.2, -0.15) is 0 Å². The van der Waals surface area contributed by atoms with Crippen LogP contribution in [0.4, 0.5) is 23.0 Å². The summed E-state index contributed by atoms with van der Waals surface area (Å²) in [6.07, 6.45) is 5.27. The maximum Gasteiger partial charge on any atom is 0.240 e. The van der Waals surface area contributed by atoms with Crippen LogP contribution < -0.4 is 15.4 Å². The second-order valence-corrected chi connectivity index (χ2v) is 9.12. The fourth-order valence-electron chi connectivity index (χ4n) is 2.98. The van der Waals surface area contributed by atoms with Crippen molar-refractivity contribution in [3.8, 4) is 0 Å². The van der Waals surface area contributed by atoms with E-state index in [0.717, 1.165) is 21.5 Å². The van der Waals surface area contributed by atoms with Crippen LogP contribution >= 0.6 is 11.8 Å². The molecule has 0 saturated carbocycles. The number of fused-ring (bicyclic) bond motifs is 1. The van der Waals surface area contributed by atoms with Crippen molar-refractivity contribution in [1.82, 2.24) is 19.7 Å². The van der Waals surface area contributed by atoms with Gasteiger partial charge in [-0.25, -0.2) is 23.1 Å². The summed E-state index contributed by atoms with van der Waals surface area (Å²) >= 11 is 1.51. The van der Waals surface area contributed by atoms with E-state index in [0.29, 0.717) is 17.3 Å². The van der Waals surface area contributed by atoms with Crippen molar-refractivity contribution in [2.45, 2.75) is 9.79 Å². The molecule has 0 amide bonds. The van der Waals surface area contributed by atoms with Gasteiger partial charge in [-0.3, -0.25) is 0 Å². The van der Waals surface area contributed by atoms with Gasteiger partial charge in [0.1, 0.15) is 18.0 Å². The summed E-state index contributed by atoms with van der Waals surface area (Å²) in [4.78, 5) is 12.8. The molecule has 0 unspecified atom stereocenters. The number of hydrogen-bond acceptors (Lipinski definition) is 7. The van der Waals surface area contributed by atoms with Gasteiger partial charge >= 0.3 is 0 Å². The molecule has 4 aromatic rings. The molecule has 0 fully saturated rings. The van der Waals surface area contributed by atoms with E-state index in [4.69, 9.17) is 0 Å². The molecular formula is C20H20N6O2S2. The lowest BCUT2D eigenvalue weighted by Gasteiger charge is -2.13. The molecular weight excluding hydrogens is 420 g/mol. The van der Waals surface area contributed by atoms with Crippen LogP contribution in [0.2, 0.25) is 0 Å². The first-order valence-corrected chi connectivity index (χ1v) is 11.7. The zero-order valence-electron chi connectivity index (χ0n) is 16.3. The summed E-state index contributed by atoms with van der Waals surface area (Å²) < 4.78 is 26.6. The molecule has 0 radical (unpaired) electrons. The molecule has 0 aliphatic heterocycles. The van der Waals surface area contributed by atoms with E-state index in [9.17, 15) is 8.42 Å². The Bertz CT molecular complexity index is 1300. The highest BCUT2D eigenvalue weighted by molar-refractivity contribution is 7.98. The maximum atomic E-state index is 12.2. The van der Waals surface area contributed by atoms with Crippen molar-refractivity contribution in [2.24, 2.45) is 0 Å². The predicted octanol–water partition coefficient (Wildman–Crippen LogP) is 4.08. The number of aromatic nitrogens is 3. The van der Waals surface area contributed by atoms with Gasteiger partial charge in [0.25, 0.3) is 0 Å². The van der Waals surface area contributed by atoms with Crippen molar-refractivity contribution in [2.75, 3.05) is 23.9 Å². The summed E-state index contributed by atoms with van der Waals surface area (Å²) in [7, 11) is -2.16. The van der Waals surface area contributed by atoms with Crippen LogP contribution in [0.1, 0.15) is 0 Å². The molecule has 30 heavy (non-hydrogen) atoms. The summed E-state index contributed by atoms with van der Waals surface area (Å²) in [5.41, 5.74) is 2.61. The van der Waals surface area contributed by atoms with E-state index in [1.54, 1.807) is 24.3 Å². The van der Waals surface area contributed by atoms with Crippen LogP contribution in [0, 0.1) is 0 Å². The first kappa shape index (κ1) is 20.2. The zero-order chi connectivity index (χ0) is 21.1. The number of rotatable bonds is 7. The third-order valence-electron chi connectivity index (χ3n) is 4.51. The first-order valence-electron chi connectivity index (χ1n) is 9.03. The number of benzene rings is 2. The average Bonchev–Trinajstić information content (AvgIpc) is 3.22. The fraction of sp³-hybridized carbons (Fsp3) is 0.100. The second kappa shape index (κ2) is 8.34. The van der Waals surface area contributed by atoms with Crippen LogP contribution in [-0.4, -0.2) is 36.7 Å². The van der Waals surface area contributed by atoms with Gasteiger partial charge in [-0.15, -0.1) is 11.8 Å². The number of nitrogens with one attached hydrogen (secondary N) is 4. The lowest BCUT2D eigenvalue weighted by Crippen LogP contribution is -2.18. The standard InChI is InChI=1S/C20H20N6O2S2/c1-21-30(27,28)15-4-6-18(29-2)17(10-15)26-20-11-19(23-12-24-20)25-14-3-5-16-13(9-14)7-8-22-16/h3-12,21-22H,1-2H3,(H2,23,24,25,26). The van der Waals surface area contributed by atoms with E-state index >= 15 is 0 Å². The summed E-state index contributed by atoms with van der Waals surface area (Å²) in [5.74, 6) is 1.16. The van der Waals surface area contributed by atoms with Crippen molar-refractivity contribution in [3.05, 3.63) is 61.1 Å². The number of sulfonamides is 1. The second-order valence-electron chi connectivity index (χ2n) is 6.39. The highest BCUT2D eigenvalue weighted by Gasteiger charge is 2.14. The summed E-state index contributed by atoms with van der Waals surface area (Å²) in [6.45, 7) is 0. The summed E-state index contributed by atoms with van der Waals surface area (Å²) in [6, 6.07) is 14.7. The first-order chi connectivity index (χ1) is 14.5. The molecule has 0 spiro atoms. The normalized spacial score (nSPS) is 11.5. The Morgan fingerprint density at radius 1 is 0.967 bits per heavy atom. The van der Waals surface area contributed by atoms with Crippen molar-refractivity contribution >= 4 is 55.7 Å². The molecule has 2 aromatic carbocycles. The van der Waals surface area contributed by atoms with Gasteiger partial charge in [0.15, 0.2) is 0 Å². The average molecular weight is 441 g/mol. The van der Waals surface area contributed by atoms with Gasteiger partial charge < -0.3 is 15.6 Å². The third kappa shape index (κ3) is 4.25. The van der Waals surface area contributed by atoms with Crippen LogP contribution in [0.3, 0.4) is 0 Å². The van der Waals surface area contributed by atoms with Crippen LogP contribution in [0.5, 0.6) is 0 Å². The topological polar surface area (TPSA) is 112 Å². The number of anilines is 4.